The van der Waals surface area contributed by atoms with Crippen molar-refractivity contribution in [2.45, 2.75) is 6.92 Å². The van der Waals surface area contributed by atoms with E-state index in [1.54, 1.807) is 35.7 Å². The molecule has 0 saturated heterocycles. The molecule has 1 aromatic heterocycles. The first-order chi connectivity index (χ1) is 8.58. The largest absolute Gasteiger partial charge is 0.456 e. The molecular formula is C13H11NO3S. The van der Waals surface area contributed by atoms with E-state index >= 15 is 0 Å². The van der Waals surface area contributed by atoms with Crippen molar-refractivity contribution in [3.8, 4) is 11.5 Å². The molecule has 5 heteroatoms. The fourth-order valence-electron chi connectivity index (χ4n) is 1.46. The van der Waals surface area contributed by atoms with Crippen LogP contribution in [0.3, 0.4) is 0 Å². The van der Waals surface area contributed by atoms with E-state index < -0.39 is 5.91 Å². The minimum atomic E-state index is -0.525. The lowest BCUT2D eigenvalue weighted by molar-refractivity contribution is 0.0996. The van der Waals surface area contributed by atoms with Gasteiger partial charge in [-0.1, -0.05) is 12.1 Å². The highest BCUT2D eigenvalue weighted by Gasteiger charge is 2.12. The number of primary amides is 1. The Hall–Kier alpha value is -2.14. The lowest BCUT2D eigenvalue weighted by Gasteiger charge is -2.06. The molecule has 0 unspecified atom stereocenters. The number of thiophene rings is 1. The van der Waals surface area contributed by atoms with Crippen LogP contribution in [0.4, 0.5) is 0 Å². The third kappa shape index (κ3) is 2.57. The zero-order valence-electron chi connectivity index (χ0n) is 9.67. The van der Waals surface area contributed by atoms with E-state index in [9.17, 15) is 9.59 Å². The van der Waals surface area contributed by atoms with E-state index in [0.717, 1.165) is 0 Å². The van der Waals surface area contributed by atoms with Gasteiger partial charge >= 0.3 is 0 Å². The van der Waals surface area contributed by atoms with Crippen molar-refractivity contribution >= 4 is 23.0 Å². The highest BCUT2D eigenvalue weighted by molar-refractivity contribution is 7.12. The van der Waals surface area contributed by atoms with Crippen LogP contribution in [-0.2, 0) is 0 Å². The molecule has 0 spiro atoms. The highest BCUT2D eigenvalue weighted by atomic mass is 32.1. The molecule has 0 bridgehead atoms. The molecule has 2 rings (SSSR count). The van der Waals surface area contributed by atoms with E-state index in [4.69, 9.17) is 10.5 Å². The molecule has 0 aliphatic carbocycles. The summed E-state index contributed by atoms with van der Waals surface area (Å²) in [5, 5.41) is 1.73. The van der Waals surface area contributed by atoms with Gasteiger partial charge in [-0.3, -0.25) is 9.59 Å². The van der Waals surface area contributed by atoms with Crippen molar-refractivity contribution in [3.63, 3.8) is 0 Å². The van der Waals surface area contributed by atoms with Gasteiger partial charge < -0.3 is 10.5 Å². The Kier molecular flexibility index (Phi) is 3.43. The zero-order chi connectivity index (χ0) is 13.1. The van der Waals surface area contributed by atoms with Crippen molar-refractivity contribution < 1.29 is 14.3 Å². The number of nitrogens with two attached hydrogens (primary N) is 1. The molecule has 0 atom stereocenters. The monoisotopic (exact) mass is 261 g/mol. The number of Topliss-reactive ketones (excluding diaryl/α,β-unsaturated/α-hetero) is 1. The van der Waals surface area contributed by atoms with Crippen LogP contribution in [0, 0.1) is 0 Å². The van der Waals surface area contributed by atoms with E-state index in [-0.39, 0.29) is 5.78 Å². The smallest absolute Gasteiger partial charge is 0.262 e. The first-order valence-corrected chi connectivity index (χ1v) is 6.12. The lowest BCUT2D eigenvalue weighted by atomic mass is 10.1. The average molecular weight is 261 g/mol. The number of hydrogen-bond acceptors (Lipinski definition) is 4. The summed E-state index contributed by atoms with van der Waals surface area (Å²) in [7, 11) is 0. The van der Waals surface area contributed by atoms with Crippen LogP contribution in [0.5, 0.6) is 11.5 Å². The zero-order valence-corrected chi connectivity index (χ0v) is 10.5. The lowest BCUT2D eigenvalue weighted by Crippen LogP contribution is -2.09. The van der Waals surface area contributed by atoms with Crippen molar-refractivity contribution in [3.05, 3.63) is 46.2 Å². The Balaban J connectivity index is 2.28. The van der Waals surface area contributed by atoms with Gasteiger partial charge in [0.05, 0.1) is 0 Å². The summed E-state index contributed by atoms with van der Waals surface area (Å²) in [5.74, 6) is 0.348. The molecule has 2 N–H and O–H groups in total. The molecular weight excluding hydrogens is 250 g/mol. The summed E-state index contributed by atoms with van der Waals surface area (Å²) in [4.78, 5) is 22.8. The summed E-state index contributed by atoms with van der Waals surface area (Å²) in [5.41, 5.74) is 5.79. The molecule has 0 aliphatic rings. The van der Waals surface area contributed by atoms with Gasteiger partial charge in [0.15, 0.2) is 11.5 Å². The van der Waals surface area contributed by atoms with Crippen molar-refractivity contribution in [2.24, 2.45) is 5.73 Å². The Morgan fingerprint density at radius 3 is 2.72 bits per heavy atom. The number of rotatable bonds is 4. The van der Waals surface area contributed by atoms with Gasteiger partial charge in [0.1, 0.15) is 10.6 Å². The van der Waals surface area contributed by atoms with Gasteiger partial charge in [0.2, 0.25) is 0 Å². The number of ether oxygens (including phenoxy) is 1. The molecule has 0 saturated carbocycles. The van der Waals surface area contributed by atoms with Gasteiger partial charge in [0.25, 0.3) is 5.91 Å². The van der Waals surface area contributed by atoms with Gasteiger partial charge in [-0.2, -0.15) is 0 Å². The Labute approximate surface area is 108 Å². The maximum Gasteiger partial charge on any atom is 0.262 e. The molecule has 0 aliphatic heterocycles. The van der Waals surface area contributed by atoms with Gasteiger partial charge in [-0.05, 0) is 30.5 Å². The van der Waals surface area contributed by atoms with Crippen LogP contribution in [0.1, 0.15) is 27.0 Å². The van der Waals surface area contributed by atoms with Crippen LogP contribution >= 0.6 is 11.3 Å². The molecule has 0 fully saturated rings. The third-order valence-corrected chi connectivity index (χ3v) is 3.23. The van der Waals surface area contributed by atoms with Crippen molar-refractivity contribution in [2.75, 3.05) is 0 Å². The molecule has 1 amide bonds. The minimum absolute atomic E-state index is 0.0408. The second-order valence-electron chi connectivity index (χ2n) is 3.66. The number of amides is 1. The Morgan fingerprint density at radius 1 is 1.28 bits per heavy atom. The van der Waals surface area contributed by atoms with Crippen LogP contribution in [0.25, 0.3) is 0 Å². The fraction of sp³-hybridized carbons (Fsp3) is 0.0769. The van der Waals surface area contributed by atoms with Gasteiger partial charge in [-0.15, -0.1) is 11.3 Å². The number of benzene rings is 1. The molecule has 1 aromatic carbocycles. The molecule has 92 valence electrons. The quantitative estimate of drug-likeness (QED) is 0.860. The predicted octanol–water partition coefficient (Wildman–Crippen LogP) is 2.84. The van der Waals surface area contributed by atoms with Crippen LogP contribution in [-0.4, -0.2) is 11.7 Å². The number of hydrogen-bond donors (Lipinski definition) is 1. The first kappa shape index (κ1) is 12.3. The second kappa shape index (κ2) is 5.01. The fourth-order valence-corrected chi connectivity index (χ4v) is 2.13. The van der Waals surface area contributed by atoms with Crippen molar-refractivity contribution in [1.82, 2.24) is 0 Å². The maximum atomic E-state index is 11.2. The van der Waals surface area contributed by atoms with Crippen molar-refractivity contribution in [1.29, 1.82) is 0 Å². The van der Waals surface area contributed by atoms with Crippen LogP contribution in [0.15, 0.2) is 35.7 Å². The van der Waals surface area contributed by atoms with E-state index in [1.807, 2.05) is 0 Å². The highest BCUT2D eigenvalue weighted by Crippen LogP contribution is 2.29. The van der Waals surface area contributed by atoms with Gasteiger partial charge in [0, 0.05) is 5.56 Å². The number of ketones is 1. The normalized spacial score (nSPS) is 10.1. The maximum absolute atomic E-state index is 11.2. The summed E-state index contributed by atoms with van der Waals surface area (Å²) in [6.07, 6.45) is 0. The molecule has 1 heterocycles. The minimum Gasteiger partial charge on any atom is -0.456 e. The molecule has 18 heavy (non-hydrogen) atoms. The topological polar surface area (TPSA) is 69.4 Å². The Morgan fingerprint density at radius 2 is 2.06 bits per heavy atom. The van der Waals surface area contributed by atoms with Gasteiger partial charge in [-0.25, -0.2) is 0 Å². The summed E-state index contributed by atoms with van der Waals surface area (Å²) in [6.45, 7) is 1.48. The SMILES string of the molecule is CC(=O)c1cccc(Oc2ccsc2C(N)=O)c1. The van der Waals surface area contributed by atoms with Crippen LogP contribution in [0.2, 0.25) is 0 Å². The third-order valence-electron chi connectivity index (χ3n) is 2.32. The number of carbonyl (C=O) groups excluding carboxylic acids is 2. The number of carbonyl (C=O) groups is 2. The van der Waals surface area contributed by atoms with E-state index in [1.165, 1.54) is 18.3 Å². The molecule has 4 nitrogen and oxygen atoms in total. The first-order valence-electron chi connectivity index (χ1n) is 5.24. The molecule has 0 radical (unpaired) electrons. The van der Waals surface area contributed by atoms with Crippen LogP contribution < -0.4 is 10.5 Å². The standard InChI is InChI=1S/C13H11NO3S/c1-8(15)9-3-2-4-10(7-9)17-11-5-6-18-12(11)13(14)16/h2-7H,1H3,(H2,14,16). The summed E-state index contributed by atoms with van der Waals surface area (Å²) >= 11 is 1.22. The Bertz CT molecular complexity index is 604. The summed E-state index contributed by atoms with van der Waals surface area (Å²) < 4.78 is 5.56. The van der Waals surface area contributed by atoms with E-state index in [0.29, 0.717) is 21.9 Å². The van der Waals surface area contributed by atoms with E-state index in [2.05, 4.69) is 0 Å². The summed E-state index contributed by atoms with van der Waals surface area (Å²) in [6, 6.07) is 8.45. The second-order valence-corrected chi connectivity index (χ2v) is 4.58. The molecule has 2 aromatic rings. The average Bonchev–Trinajstić information content (AvgIpc) is 2.77. The predicted molar refractivity (Wildman–Crippen MR) is 69.4 cm³/mol.